The van der Waals surface area contributed by atoms with Gasteiger partial charge in [0, 0.05) is 12.8 Å². The Morgan fingerprint density at radius 3 is 2.62 bits per heavy atom. The quantitative estimate of drug-likeness (QED) is 0.710. The number of carbonyl (C=O) groups excluding carboxylic acids is 2. The van der Waals surface area contributed by atoms with E-state index in [1.54, 1.807) is 20.9 Å². The van der Waals surface area contributed by atoms with E-state index >= 15 is 0 Å². The molecule has 1 aromatic heterocycles. The van der Waals surface area contributed by atoms with Crippen molar-refractivity contribution in [3.8, 4) is 0 Å². The molecule has 0 spiro atoms. The number of nitrogens with one attached hydrogen (secondary N) is 1. The average Bonchev–Trinajstić information content (AvgIpc) is 2.76. The molecule has 0 radical (unpaired) electrons. The van der Waals surface area contributed by atoms with Crippen molar-refractivity contribution in [3.63, 3.8) is 0 Å². The number of halogens is 1. The number of aliphatic carboxylic acids is 1. The molecule has 2 aliphatic heterocycles. The van der Waals surface area contributed by atoms with Crippen molar-refractivity contribution in [2.45, 2.75) is 25.3 Å². The second-order valence-electron chi connectivity index (χ2n) is 5.67. The van der Waals surface area contributed by atoms with Crippen molar-refractivity contribution in [1.29, 1.82) is 0 Å². The molecule has 1 fully saturated rings. The van der Waals surface area contributed by atoms with Gasteiger partial charge in [0.15, 0.2) is 0 Å². The molecule has 0 saturated carbocycles. The summed E-state index contributed by atoms with van der Waals surface area (Å²) >= 11 is 4.76. The Labute approximate surface area is 150 Å². The predicted molar refractivity (Wildman–Crippen MR) is 90.3 cm³/mol. The van der Waals surface area contributed by atoms with Crippen LogP contribution in [0.5, 0.6) is 0 Å². The lowest BCUT2D eigenvalue weighted by molar-refractivity contribution is -0.148. The zero-order chi connectivity index (χ0) is 17.8. The maximum absolute atomic E-state index is 12.5. The molecule has 0 bridgehead atoms. The molecule has 10 heteroatoms. The van der Waals surface area contributed by atoms with Gasteiger partial charge in [0.05, 0.1) is 10.2 Å². The van der Waals surface area contributed by atoms with Crippen LogP contribution in [-0.2, 0) is 16.6 Å². The number of carboxylic acid groups (broad SMARTS) is 1. The zero-order valence-corrected chi connectivity index (χ0v) is 15.6. The number of amides is 2. The average molecular weight is 415 g/mol. The molecule has 128 valence electrons. The van der Waals surface area contributed by atoms with E-state index in [1.807, 2.05) is 0 Å². The monoisotopic (exact) mass is 414 g/mol. The molecule has 1 aromatic rings. The van der Waals surface area contributed by atoms with E-state index < -0.39 is 29.2 Å². The number of aromatic nitrogens is 2. The van der Waals surface area contributed by atoms with E-state index in [1.165, 1.54) is 21.3 Å². The predicted octanol–water partition coefficient (Wildman–Crippen LogP) is 0.863. The fourth-order valence-corrected chi connectivity index (χ4v) is 4.67. The van der Waals surface area contributed by atoms with E-state index in [9.17, 15) is 19.5 Å². The second-order valence-corrected chi connectivity index (χ2v) is 7.56. The van der Waals surface area contributed by atoms with Gasteiger partial charge in [-0.1, -0.05) is 0 Å². The normalized spacial score (nSPS) is 23.0. The lowest BCUT2D eigenvalue weighted by atomic mass is 10.0. The Balaban J connectivity index is 1.81. The summed E-state index contributed by atoms with van der Waals surface area (Å²) in [7, 11) is 1.64. The smallest absolute Gasteiger partial charge is 0.352 e. The van der Waals surface area contributed by atoms with E-state index in [-0.39, 0.29) is 5.70 Å². The first kappa shape index (κ1) is 17.0. The first-order valence-electron chi connectivity index (χ1n) is 7.11. The van der Waals surface area contributed by atoms with Crippen LogP contribution in [0.1, 0.15) is 23.1 Å². The standard InChI is InChI=1S/C14H15BrN4O4S/c1-5-4-24-13-8(12(21)19(13)9(5)14(22)23)16-11(20)10-7(15)6(2)17-18(10)3/h8,13H,4H2,1-3H3,(H,16,20)(H,22,23)/t8-,13-/m1/s1. The third-order valence-electron chi connectivity index (χ3n) is 4.01. The molecule has 2 N–H and O–H groups in total. The van der Waals surface area contributed by atoms with Crippen molar-refractivity contribution in [3.05, 3.63) is 27.1 Å². The third kappa shape index (κ3) is 2.44. The Kier molecular flexibility index (Phi) is 4.20. The lowest BCUT2D eigenvalue weighted by Crippen LogP contribution is -2.70. The number of rotatable bonds is 3. The minimum Gasteiger partial charge on any atom is -0.477 e. The molecule has 24 heavy (non-hydrogen) atoms. The van der Waals surface area contributed by atoms with Gasteiger partial charge in [-0.2, -0.15) is 5.10 Å². The fourth-order valence-electron chi connectivity index (χ4n) is 2.86. The van der Waals surface area contributed by atoms with Crippen LogP contribution in [0.3, 0.4) is 0 Å². The third-order valence-corrected chi connectivity index (χ3v) is 6.39. The maximum Gasteiger partial charge on any atom is 0.352 e. The number of nitrogens with zero attached hydrogens (tertiary/aromatic N) is 3. The number of fused-ring (bicyclic) bond motifs is 1. The summed E-state index contributed by atoms with van der Waals surface area (Å²) < 4.78 is 2.01. The molecular weight excluding hydrogens is 400 g/mol. The van der Waals surface area contributed by atoms with Crippen molar-refractivity contribution >= 4 is 45.5 Å². The molecule has 0 aromatic carbocycles. The summed E-state index contributed by atoms with van der Waals surface area (Å²) in [4.78, 5) is 37.5. The molecule has 2 amide bonds. The van der Waals surface area contributed by atoms with Crippen LogP contribution >= 0.6 is 27.7 Å². The molecule has 8 nitrogen and oxygen atoms in total. The number of aryl methyl sites for hydroxylation is 2. The van der Waals surface area contributed by atoms with Gasteiger partial charge < -0.3 is 10.4 Å². The van der Waals surface area contributed by atoms with E-state index in [2.05, 4.69) is 26.3 Å². The van der Waals surface area contributed by atoms with Gasteiger partial charge in [-0.3, -0.25) is 19.2 Å². The largest absolute Gasteiger partial charge is 0.477 e. The number of hydrogen-bond acceptors (Lipinski definition) is 5. The Bertz CT molecular complexity index is 803. The molecular formula is C14H15BrN4O4S. The van der Waals surface area contributed by atoms with Crippen LogP contribution in [0.25, 0.3) is 0 Å². The Morgan fingerprint density at radius 1 is 1.42 bits per heavy atom. The molecule has 1 saturated heterocycles. The van der Waals surface area contributed by atoms with Crippen LogP contribution in [0.15, 0.2) is 15.7 Å². The van der Waals surface area contributed by atoms with Gasteiger partial charge in [0.25, 0.3) is 11.8 Å². The van der Waals surface area contributed by atoms with Crippen molar-refractivity contribution in [2.24, 2.45) is 7.05 Å². The van der Waals surface area contributed by atoms with E-state index in [4.69, 9.17) is 0 Å². The van der Waals surface area contributed by atoms with Crippen LogP contribution in [0.4, 0.5) is 0 Å². The van der Waals surface area contributed by atoms with Gasteiger partial charge in [0.1, 0.15) is 22.8 Å². The SMILES string of the molecule is CC1=C(C(=O)O)N2C(=O)[C@@H](NC(=O)c3c(Br)c(C)nn3C)[C@H]2SC1. The van der Waals surface area contributed by atoms with Crippen LogP contribution in [-0.4, -0.2) is 54.7 Å². The van der Waals surface area contributed by atoms with Crippen molar-refractivity contribution in [1.82, 2.24) is 20.0 Å². The fraction of sp³-hybridized carbons (Fsp3) is 0.429. The van der Waals surface area contributed by atoms with Gasteiger partial charge in [-0.15, -0.1) is 11.8 Å². The molecule has 2 atom stereocenters. The van der Waals surface area contributed by atoms with Gasteiger partial charge in [-0.05, 0) is 35.4 Å². The second kappa shape index (κ2) is 5.92. The number of hydrogen-bond donors (Lipinski definition) is 2. The summed E-state index contributed by atoms with van der Waals surface area (Å²) in [5, 5.41) is 15.8. The summed E-state index contributed by atoms with van der Waals surface area (Å²) in [6.07, 6.45) is 0. The van der Waals surface area contributed by atoms with E-state index in [0.29, 0.717) is 27.2 Å². The van der Waals surface area contributed by atoms with Crippen molar-refractivity contribution < 1.29 is 19.5 Å². The minimum absolute atomic E-state index is 0.0202. The topological polar surface area (TPSA) is 105 Å². The molecule has 3 heterocycles. The molecule has 0 unspecified atom stereocenters. The highest BCUT2D eigenvalue weighted by atomic mass is 79.9. The molecule has 2 aliphatic rings. The molecule has 3 rings (SSSR count). The highest BCUT2D eigenvalue weighted by molar-refractivity contribution is 9.10. The molecule has 0 aliphatic carbocycles. The van der Waals surface area contributed by atoms with Gasteiger partial charge in [0.2, 0.25) is 0 Å². The van der Waals surface area contributed by atoms with Crippen LogP contribution < -0.4 is 5.32 Å². The van der Waals surface area contributed by atoms with Crippen molar-refractivity contribution in [2.75, 3.05) is 5.75 Å². The van der Waals surface area contributed by atoms with E-state index in [0.717, 1.165) is 0 Å². The summed E-state index contributed by atoms with van der Waals surface area (Å²) in [6.45, 7) is 3.46. The number of β-lactam (4-membered cyclic amide) rings is 1. The highest BCUT2D eigenvalue weighted by Crippen LogP contribution is 2.40. The first-order valence-corrected chi connectivity index (χ1v) is 8.96. The minimum atomic E-state index is -1.12. The number of carbonyl (C=O) groups is 3. The van der Waals surface area contributed by atoms with Gasteiger partial charge >= 0.3 is 5.97 Å². The Hall–Kier alpha value is -1.81. The lowest BCUT2D eigenvalue weighted by Gasteiger charge is -2.49. The summed E-state index contributed by atoms with van der Waals surface area (Å²) in [6, 6.07) is -0.743. The Morgan fingerprint density at radius 2 is 2.08 bits per heavy atom. The highest BCUT2D eigenvalue weighted by Gasteiger charge is 2.53. The first-order chi connectivity index (χ1) is 11.2. The number of thioether (sulfide) groups is 1. The summed E-state index contributed by atoms with van der Waals surface area (Å²) in [5.41, 5.74) is 1.66. The zero-order valence-electron chi connectivity index (χ0n) is 13.2. The van der Waals surface area contributed by atoms with Gasteiger partial charge in [-0.25, -0.2) is 4.79 Å². The number of carboxylic acids is 1. The van der Waals surface area contributed by atoms with Crippen LogP contribution in [0.2, 0.25) is 0 Å². The van der Waals surface area contributed by atoms with Crippen LogP contribution in [0, 0.1) is 6.92 Å². The maximum atomic E-state index is 12.5. The summed E-state index contributed by atoms with van der Waals surface area (Å²) in [5.74, 6) is -1.45.